The highest BCUT2D eigenvalue weighted by Gasteiger charge is 2.04. The van der Waals surface area contributed by atoms with E-state index in [0.717, 1.165) is 12.7 Å². The summed E-state index contributed by atoms with van der Waals surface area (Å²) in [6, 6.07) is 2.77. The second-order valence-corrected chi connectivity index (χ2v) is 4.89. The molecule has 0 saturated carbocycles. The van der Waals surface area contributed by atoms with Gasteiger partial charge in [0.05, 0.1) is 13.4 Å². The van der Waals surface area contributed by atoms with Gasteiger partial charge in [-0.15, -0.1) is 0 Å². The molecule has 4 N–H and O–H groups in total. The number of hydrogen-bond donors (Lipinski definition) is 3. The lowest BCUT2D eigenvalue weighted by molar-refractivity contribution is 0.249. The van der Waals surface area contributed by atoms with Crippen molar-refractivity contribution in [3.63, 3.8) is 0 Å². The lowest BCUT2D eigenvalue weighted by Gasteiger charge is -2.01. The molecule has 0 heterocycles. The Morgan fingerprint density at radius 1 is 1.47 bits per heavy atom. The number of halogens is 2. The molecule has 7 heteroatoms. The van der Waals surface area contributed by atoms with Gasteiger partial charge in [-0.2, -0.15) is 5.10 Å². The van der Waals surface area contributed by atoms with Gasteiger partial charge in [0.1, 0.15) is 5.75 Å². The Bertz CT molecular complexity index is 397. The number of phenols is 1. The second-order valence-electron chi connectivity index (χ2n) is 2.57. The molecule has 0 fully saturated rings. The van der Waals surface area contributed by atoms with Crippen LogP contribution < -0.4 is 11.2 Å². The summed E-state index contributed by atoms with van der Waals surface area (Å²) in [6.45, 7) is 0. The summed E-state index contributed by atoms with van der Waals surface area (Å²) in [6.07, 6.45) is 1.45. The monoisotopic (exact) mass is 431 g/mol. The van der Waals surface area contributed by atoms with E-state index in [1.165, 1.54) is 6.21 Å². The Hall–Kier alpha value is -0.580. The summed E-state index contributed by atoms with van der Waals surface area (Å²) in [7, 11) is 0. The number of hydrazone groups is 1. The first-order chi connectivity index (χ1) is 7.00. The number of urea groups is 1. The topological polar surface area (TPSA) is 87.7 Å². The largest absolute Gasteiger partial charge is 0.506 e. The number of benzene rings is 1. The van der Waals surface area contributed by atoms with Crippen LogP contribution in [0.2, 0.25) is 0 Å². The van der Waals surface area contributed by atoms with E-state index >= 15 is 0 Å². The van der Waals surface area contributed by atoms with Crippen molar-refractivity contribution in [1.29, 1.82) is 0 Å². The Morgan fingerprint density at radius 3 is 2.47 bits per heavy atom. The van der Waals surface area contributed by atoms with Gasteiger partial charge in [0.2, 0.25) is 0 Å². The van der Waals surface area contributed by atoms with Crippen LogP contribution in [0.4, 0.5) is 4.79 Å². The molecule has 0 bridgehead atoms. The molecular formula is C8H7I2N3O2. The molecule has 0 saturated heterocycles. The normalized spacial score (nSPS) is 10.5. The summed E-state index contributed by atoms with van der Waals surface area (Å²) in [5.41, 5.74) is 7.70. The molecule has 0 spiro atoms. The van der Waals surface area contributed by atoms with Crippen LogP contribution in [-0.2, 0) is 0 Å². The third-order valence-corrected chi connectivity index (χ3v) is 3.07. The number of hydrogen-bond acceptors (Lipinski definition) is 3. The van der Waals surface area contributed by atoms with Gasteiger partial charge >= 0.3 is 6.03 Å². The van der Waals surface area contributed by atoms with Gasteiger partial charge < -0.3 is 10.8 Å². The summed E-state index contributed by atoms with van der Waals surface area (Å²) in [5.74, 6) is 0.246. The fourth-order valence-electron chi connectivity index (χ4n) is 0.830. The molecule has 1 aromatic carbocycles. The smallest absolute Gasteiger partial charge is 0.332 e. The average molecular weight is 431 g/mol. The highest BCUT2D eigenvalue weighted by Crippen LogP contribution is 2.26. The van der Waals surface area contributed by atoms with Crippen LogP contribution in [0.1, 0.15) is 5.56 Å². The Morgan fingerprint density at radius 2 is 2.00 bits per heavy atom. The molecule has 15 heavy (non-hydrogen) atoms. The van der Waals surface area contributed by atoms with Crippen molar-refractivity contribution in [3.8, 4) is 5.75 Å². The predicted molar refractivity (Wildman–Crippen MR) is 73.9 cm³/mol. The Kier molecular flexibility index (Phi) is 4.57. The minimum absolute atomic E-state index is 0.246. The lowest BCUT2D eigenvalue weighted by atomic mass is 10.2. The zero-order valence-corrected chi connectivity index (χ0v) is 11.7. The maximum absolute atomic E-state index is 10.3. The van der Waals surface area contributed by atoms with Crippen LogP contribution in [0.25, 0.3) is 0 Å². The number of nitrogens with one attached hydrogen (secondary N) is 1. The quantitative estimate of drug-likeness (QED) is 0.378. The predicted octanol–water partition coefficient (Wildman–Crippen LogP) is 1.60. The summed E-state index contributed by atoms with van der Waals surface area (Å²) in [5, 5.41) is 13.1. The van der Waals surface area contributed by atoms with Crippen LogP contribution in [0.3, 0.4) is 0 Å². The summed E-state index contributed by atoms with van der Waals surface area (Å²) in [4.78, 5) is 10.3. The van der Waals surface area contributed by atoms with Crippen LogP contribution in [0.5, 0.6) is 5.75 Å². The molecule has 0 aliphatic rings. The number of phenolic OH excluding ortho intramolecular Hbond substituents is 1. The van der Waals surface area contributed by atoms with Gasteiger partial charge in [0.15, 0.2) is 0 Å². The van der Waals surface area contributed by atoms with E-state index in [1.54, 1.807) is 12.1 Å². The zero-order valence-electron chi connectivity index (χ0n) is 7.37. The first-order valence-corrected chi connectivity index (χ1v) is 5.93. The Balaban J connectivity index is 2.87. The number of amides is 2. The van der Waals surface area contributed by atoms with Crippen LogP contribution in [-0.4, -0.2) is 17.4 Å². The van der Waals surface area contributed by atoms with Gasteiger partial charge in [-0.05, 0) is 62.9 Å². The van der Waals surface area contributed by atoms with Crippen LogP contribution >= 0.6 is 45.2 Å². The molecule has 0 aliphatic carbocycles. The van der Waals surface area contributed by atoms with Crippen molar-refractivity contribution < 1.29 is 9.90 Å². The second kappa shape index (κ2) is 5.49. The first kappa shape index (κ1) is 12.5. The van der Waals surface area contributed by atoms with E-state index in [0.29, 0.717) is 0 Å². The SMILES string of the molecule is NC(=O)NN=Cc1cc(I)c(O)c(I)c1. The standard InChI is InChI=1S/C8H7I2N3O2/c9-5-1-4(2-6(10)7(5)14)3-12-13-8(11)15/h1-3,14H,(H3,11,13,15). The third-order valence-electron chi connectivity index (χ3n) is 1.43. The minimum Gasteiger partial charge on any atom is -0.506 e. The summed E-state index contributed by atoms with van der Waals surface area (Å²) >= 11 is 4.02. The van der Waals surface area contributed by atoms with E-state index < -0.39 is 6.03 Å². The fourth-order valence-corrected chi connectivity index (χ4v) is 2.65. The van der Waals surface area contributed by atoms with Crippen LogP contribution in [0.15, 0.2) is 17.2 Å². The van der Waals surface area contributed by atoms with Gasteiger partial charge in [-0.1, -0.05) is 0 Å². The number of nitrogens with two attached hydrogens (primary N) is 1. The maximum atomic E-state index is 10.3. The fraction of sp³-hybridized carbons (Fsp3) is 0. The molecule has 0 aromatic heterocycles. The molecule has 5 nitrogen and oxygen atoms in total. The molecule has 80 valence electrons. The van der Waals surface area contributed by atoms with Crippen molar-refractivity contribution in [1.82, 2.24) is 5.43 Å². The van der Waals surface area contributed by atoms with Crippen molar-refractivity contribution >= 4 is 57.4 Å². The highest BCUT2D eigenvalue weighted by atomic mass is 127. The number of aromatic hydroxyl groups is 1. The van der Waals surface area contributed by atoms with E-state index in [-0.39, 0.29) is 5.75 Å². The molecular weight excluding hydrogens is 424 g/mol. The van der Waals surface area contributed by atoms with Crippen LogP contribution in [0, 0.1) is 7.14 Å². The molecule has 0 aliphatic heterocycles. The lowest BCUT2D eigenvalue weighted by Crippen LogP contribution is -2.24. The maximum Gasteiger partial charge on any atom is 0.332 e. The molecule has 0 unspecified atom stereocenters. The molecule has 0 atom stereocenters. The van der Waals surface area contributed by atoms with Crippen molar-refractivity contribution in [2.24, 2.45) is 10.8 Å². The average Bonchev–Trinajstić information content (AvgIpc) is 2.13. The third kappa shape index (κ3) is 3.81. The Labute approximate surface area is 113 Å². The number of carbonyl (C=O) groups is 1. The van der Waals surface area contributed by atoms with E-state index in [1.807, 2.05) is 45.2 Å². The zero-order chi connectivity index (χ0) is 11.4. The van der Waals surface area contributed by atoms with Gasteiger partial charge in [-0.25, -0.2) is 10.2 Å². The molecule has 2 amide bonds. The first-order valence-electron chi connectivity index (χ1n) is 3.77. The highest BCUT2D eigenvalue weighted by molar-refractivity contribution is 14.1. The van der Waals surface area contributed by atoms with Crippen molar-refractivity contribution in [2.75, 3.05) is 0 Å². The van der Waals surface area contributed by atoms with E-state index in [4.69, 9.17) is 5.73 Å². The van der Waals surface area contributed by atoms with E-state index in [2.05, 4.69) is 10.5 Å². The number of carbonyl (C=O) groups excluding carboxylic acids is 1. The molecule has 1 aromatic rings. The molecule has 0 radical (unpaired) electrons. The number of primary amides is 1. The van der Waals surface area contributed by atoms with Gasteiger partial charge in [0, 0.05) is 0 Å². The molecule has 1 rings (SSSR count). The van der Waals surface area contributed by atoms with Crippen molar-refractivity contribution in [2.45, 2.75) is 0 Å². The number of rotatable bonds is 2. The summed E-state index contributed by atoms with van der Waals surface area (Å²) < 4.78 is 1.44. The van der Waals surface area contributed by atoms with Crippen molar-refractivity contribution in [3.05, 3.63) is 24.8 Å². The van der Waals surface area contributed by atoms with E-state index in [9.17, 15) is 9.90 Å². The minimum atomic E-state index is -0.713. The number of nitrogens with zero attached hydrogens (tertiary/aromatic N) is 1. The van der Waals surface area contributed by atoms with Gasteiger partial charge in [-0.3, -0.25) is 0 Å². The van der Waals surface area contributed by atoms with Gasteiger partial charge in [0.25, 0.3) is 0 Å².